The van der Waals surface area contributed by atoms with Gasteiger partial charge in [0.1, 0.15) is 0 Å². The van der Waals surface area contributed by atoms with Crippen LogP contribution in [0.15, 0.2) is 24.3 Å². The molecule has 3 heterocycles. The standard InChI is InChI=1S/C22H42N8.Cu/c1-19-2-4-20(5-3-19)12-30-22-16-27-9-6-24-13-21(23,14-25-7-10-28-17-22)15-26-8-11-29-18-22;/h2-5,24-30H,6-18,23H2,1H3;/i;1+0. The van der Waals surface area contributed by atoms with Crippen molar-refractivity contribution in [1.82, 2.24) is 37.2 Å². The molecule has 181 valence electrons. The van der Waals surface area contributed by atoms with Gasteiger partial charge >= 0.3 is 0 Å². The van der Waals surface area contributed by atoms with Crippen molar-refractivity contribution in [2.45, 2.75) is 24.5 Å². The van der Waals surface area contributed by atoms with Crippen molar-refractivity contribution < 1.29 is 17.1 Å². The maximum atomic E-state index is 6.67. The third kappa shape index (κ3) is 9.43. The van der Waals surface area contributed by atoms with E-state index in [1.54, 1.807) is 0 Å². The van der Waals surface area contributed by atoms with Crippen molar-refractivity contribution >= 4 is 0 Å². The van der Waals surface area contributed by atoms with Crippen LogP contribution in [-0.2, 0) is 23.6 Å². The van der Waals surface area contributed by atoms with E-state index in [4.69, 9.17) is 5.73 Å². The predicted molar refractivity (Wildman–Crippen MR) is 125 cm³/mol. The quantitative estimate of drug-likeness (QED) is 0.236. The van der Waals surface area contributed by atoms with Crippen molar-refractivity contribution in [3.05, 3.63) is 35.4 Å². The summed E-state index contributed by atoms with van der Waals surface area (Å²) in [5, 5.41) is 25.5. The molecule has 0 saturated carbocycles. The topological polar surface area (TPSA) is 110 Å². The number of benzene rings is 1. The number of nitrogens with one attached hydrogen (secondary N) is 7. The Morgan fingerprint density at radius 2 is 1.10 bits per heavy atom. The molecule has 3 aliphatic rings. The zero-order chi connectivity index (χ0) is 21.1. The first-order valence-electron chi connectivity index (χ1n) is 11.4. The molecule has 9 N–H and O–H groups in total. The van der Waals surface area contributed by atoms with E-state index in [9.17, 15) is 0 Å². The third-order valence-corrected chi connectivity index (χ3v) is 6.05. The number of hydrogen-bond acceptors (Lipinski definition) is 8. The van der Waals surface area contributed by atoms with E-state index >= 15 is 0 Å². The molecule has 1 aromatic rings. The fourth-order valence-electron chi connectivity index (χ4n) is 4.08. The van der Waals surface area contributed by atoms with Crippen molar-refractivity contribution in [3.63, 3.8) is 0 Å². The molecule has 3 fully saturated rings. The van der Waals surface area contributed by atoms with Gasteiger partial charge in [-0.3, -0.25) is 0 Å². The van der Waals surface area contributed by atoms with Crippen LogP contribution in [0.2, 0.25) is 0 Å². The monoisotopic (exact) mass is 482 g/mol. The van der Waals surface area contributed by atoms with Crippen molar-refractivity contribution in [2.75, 3.05) is 78.5 Å². The van der Waals surface area contributed by atoms with Crippen LogP contribution in [0.4, 0.5) is 0 Å². The van der Waals surface area contributed by atoms with Crippen LogP contribution in [-0.4, -0.2) is 89.6 Å². The van der Waals surface area contributed by atoms with Crippen molar-refractivity contribution in [2.24, 2.45) is 5.73 Å². The summed E-state index contributed by atoms with van der Waals surface area (Å²) >= 11 is 0. The molecule has 1 radical (unpaired) electrons. The molecule has 0 aliphatic carbocycles. The van der Waals surface area contributed by atoms with Crippen LogP contribution in [0.1, 0.15) is 11.1 Å². The minimum Gasteiger partial charge on any atom is -0.322 e. The van der Waals surface area contributed by atoms with Crippen LogP contribution < -0.4 is 43.0 Å². The number of fused-ring (bicyclic) bond motifs is 15. The van der Waals surface area contributed by atoms with E-state index in [-0.39, 0.29) is 28.1 Å². The van der Waals surface area contributed by atoms with Gasteiger partial charge in [0, 0.05) is 102 Å². The van der Waals surface area contributed by atoms with Gasteiger partial charge in [-0.25, -0.2) is 0 Å². The van der Waals surface area contributed by atoms with E-state index in [1.165, 1.54) is 11.1 Å². The Morgan fingerprint density at radius 3 is 1.52 bits per heavy atom. The number of nitrogens with two attached hydrogens (primary N) is 1. The summed E-state index contributed by atoms with van der Waals surface area (Å²) in [6.45, 7) is 13.6. The van der Waals surface area contributed by atoms with Gasteiger partial charge in [-0.05, 0) is 12.5 Å². The number of rotatable bonds is 3. The molecule has 31 heavy (non-hydrogen) atoms. The summed E-state index contributed by atoms with van der Waals surface area (Å²) in [5.41, 5.74) is 8.93. The minimum atomic E-state index is -0.284. The Hall–Kier alpha value is -0.581. The van der Waals surface area contributed by atoms with Gasteiger partial charge in [0.05, 0.1) is 11.1 Å². The number of aryl methyl sites for hydroxylation is 1. The van der Waals surface area contributed by atoms with E-state index in [1.807, 2.05) is 0 Å². The maximum absolute atomic E-state index is 6.67. The summed E-state index contributed by atoms with van der Waals surface area (Å²) in [7, 11) is 0. The molecule has 3 saturated heterocycles. The smallest absolute Gasteiger partial charge is 0.0561 e. The number of hydrogen-bond donors (Lipinski definition) is 8. The SMILES string of the molecule is Cc1ccc(CNC23CNCCNCC(N)(CNCCNC2)CNCCNC3)cc1.[64Cu]. The molecule has 0 atom stereocenters. The molecular weight excluding hydrogens is 440 g/mol. The third-order valence-electron chi connectivity index (χ3n) is 6.05. The molecule has 0 amide bonds. The van der Waals surface area contributed by atoms with Gasteiger partial charge in [-0.2, -0.15) is 0 Å². The molecule has 0 aromatic heterocycles. The van der Waals surface area contributed by atoms with Gasteiger partial charge in [0.15, 0.2) is 0 Å². The normalized spacial score (nSPS) is 29.5. The molecule has 0 unspecified atom stereocenters. The molecule has 8 nitrogen and oxygen atoms in total. The molecule has 3 aliphatic heterocycles. The zero-order valence-corrected chi connectivity index (χ0v) is 19.8. The van der Waals surface area contributed by atoms with E-state index in [0.29, 0.717) is 0 Å². The molecule has 1 aromatic carbocycles. The Bertz CT molecular complexity index is 568. The van der Waals surface area contributed by atoms with Crippen LogP contribution in [0.3, 0.4) is 0 Å². The second-order valence-electron chi connectivity index (χ2n) is 9.04. The Labute approximate surface area is 198 Å². The molecule has 0 spiro atoms. The van der Waals surface area contributed by atoms with E-state index < -0.39 is 0 Å². The first kappa shape index (κ1) is 26.7. The van der Waals surface area contributed by atoms with Gasteiger partial charge < -0.3 is 43.0 Å². The summed E-state index contributed by atoms with van der Waals surface area (Å²) in [4.78, 5) is 0. The second kappa shape index (κ2) is 13.9. The summed E-state index contributed by atoms with van der Waals surface area (Å²) in [6, 6.07) is 8.81. The fourth-order valence-corrected chi connectivity index (χ4v) is 4.08. The molecule has 9 heteroatoms. The minimum absolute atomic E-state index is 0. The second-order valence-corrected chi connectivity index (χ2v) is 9.04. The van der Waals surface area contributed by atoms with E-state index in [0.717, 1.165) is 85.1 Å². The summed E-state index contributed by atoms with van der Waals surface area (Å²) < 4.78 is 0. The van der Waals surface area contributed by atoms with Gasteiger partial charge in [-0.15, -0.1) is 0 Å². The first-order chi connectivity index (χ1) is 14.6. The van der Waals surface area contributed by atoms with Gasteiger partial charge in [0.2, 0.25) is 0 Å². The fraction of sp³-hybridized carbons (Fsp3) is 0.727. The van der Waals surface area contributed by atoms with Crippen LogP contribution in [0, 0.1) is 6.92 Å². The molecule has 4 rings (SSSR count). The Kier molecular flexibility index (Phi) is 11.9. The predicted octanol–water partition coefficient (Wildman–Crippen LogP) is -1.92. The largest absolute Gasteiger partial charge is 0.322 e. The van der Waals surface area contributed by atoms with Gasteiger partial charge in [0.25, 0.3) is 0 Å². The van der Waals surface area contributed by atoms with Crippen LogP contribution in [0.5, 0.6) is 0 Å². The average Bonchev–Trinajstić information content (AvgIpc) is 2.74. The zero-order valence-electron chi connectivity index (χ0n) is 18.9. The van der Waals surface area contributed by atoms with Crippen LogP contribution >= 0.6 is 0 Å². The van der Waals surface area contributed by atoms with Gasteiger partial charge in [-0.1, -0.05) is 29.8 Å². The maximum Gasteiger partial charge on any atom is 0.0561 e. The summed E-state index contributed by atoms with van der Waals surface area (Å²) in [5.74, 6) is 0. The van der Waals surface area contributed by atoms with Crippen molar-refractivity contribution in [1.29, 1.82) is 0 Å². The van der Waals surface area contributed by atoms with E-state index in [2.05, 4.69) is 68.4 Å². The summed E-state index contributed by atoms with van der Waals surface area (Å²) in [6.07, 6.45) is 0. The average molecular weight is 483 g/mol. The first-order valence-corrected chi connectivity index (χ1v) is 11.4. The van der Waals surface area contributed by atoms with Crippen LogP contribution in [0.25, 0.3) is 0 Å². The van der Waals surface area contributed by atoms with Crippen molar-refractivity contribution in [3.8, 4) is 0 Å². The Morgan fingerprint density at radius 1 is 0.710 bits per heavy atom. The molecule has 2 bridgehead atoms. The Balaban J connectivity index is 0.00000341. The molecular formula is C22H42CuN8.